The van der Waals surface area contributed by atoms with Gasteiger partial charge < -0.3 is 18.8 Å². The molecule has 2 aromatic carbocycles. The largest absolute Gasteiger partial charge is 0.493 e. The van der Waals surface area contributed by atoms with Gasteiger partial charge in [0, 0.05) is 28.9 Å². The highest BCUT2D eigenvalue weighted by atomic mass is 35.5. The van der Waals surface area contributed by atoms with Crippen LogP contribution in [0.3, 0.4) is 0 Å². The number of methoxy groups -OCH3 is 2. The van der Waals surface area contributed by atoms with Gasteiger partial charge in [0.25, 0.3) is 5.91 Å². The van der Waals surface area contributed by atoms with E-state index in [9.17, 15) is 9.59 Å². The van der Waals surface area contributed by atoms with Gasteiger partial charge in [0.15, 0.2) is 17.3 Å². The molecule has 1 N–H and O–H groups in total. The molecule has 2 amide bonds. The van der Waals surface area contributed by atoms with Crippen molar-refractivity contribution < 1.29 is 23.5 Å². The van der Waals surface area contributed by atoms with Crippen molar-refractivity contribution in [3.63, 3.8) is 0 Å². The van der Waals surface area contributed by atoms with E-state index in [-0.39, 0.29) is 30.2 Å². The van der Waals surface area contributed by atoms with Gasteiger partial charge in [0.05, 0.1) is 31.9 Å². The molecule has 1 aliphatic carbocycles. The van der Waals surface area contributed by atoms with Crippen LogP contribution in [0.2, 0.25) is 5.02 Å². The normalized spacial score (nSPS) is 12.7. The minimum absolute atomic E-state index is 0.0126. The molecule has 0 saturated heterocycles. The number of carbonyl (C=O) groups excluding carboxylic acids is 2. The number of aromatic nitrogens is 2. The van der Waals surface area contributed by atoms with E-state index in [0.717, 1.165) is 18.4 Å². The lowest BCUT2D eigenvalue weighted by molar-refractivity contribution is -0.117. The third-order valence-corrected chi connectivity index (χ3v) is 6.29. The van der Waals surface area contributed by atoms with Gasteiger partial charge in [-0.15, -0.1) is 0 Å². The van der Waals surface area contributed by atoms with Gasteiger partial charge >= 0.3 is 0 Å². The molecule has 1 saturated carbocycles. The molecule has 2 heterocycles. The molecule has 0 aliphatic heterocycles. The number of benzene rings is 2. The van der Waals surface area contributed by atoms with Crippen molar-refractivity contribution in [2.75, 3.05) is 26.1 Å². The molecule has 10 heteroatoms. The van der Waals surface area contributed by atoms with Gasteiger partial charge in [-0.25, -0.2) is 4.98 Å². The SMILES string of the molecule is COc1ccc(-n2cc(-c3ccc(Cl)cc3)nc2NC(=O)CN(C(=O)c2ccco2)C2CC2)cc1OC. The first-order valence-electron chi connectivity index (χ1n) is 11.7. The van der Waals surface area contributed by atoms with Crippen molar-refractivity contribution in [2.24, 2.45) is 0 Å². The predicted octanol–water partition coefficient (Wildman–Crippen LogP) is 5.05. The Labute approximate surface area is 218 Å². The van der Waals surface area contributed by atoms with Crippen LogP contribution in [0, 0.1) is 0 Å². The van der Waals surface area contributed by atoms with E-state index in [0.29, 0.717) is 33.9 Å². The van der Waals surface area contributed by atoms with Gasteiger partial charge in [-0.05, 0) is 49.2 Å². The Morgan fingerprint density at radius 2 is 1.86 bits per heavy atom. The van der Waals surface area contributed by atoms with Crippen LogP contribution in [0.15, 0.2) is 71.5 Å². The molecule has 5 rings (SSSR count). The van der Waals surface area contributed by atoms with Crippen molar-refractivity contribution >= 4 is 29.4 Å². The summed E-state index contributed by atoms with van der Waals surface area (Å²) >= 11 is 6.06. The van der Waals surface area contributed by atoms with Crippen LogP contribution in [-0.4, -0.2) is 53.1 Å². The fourth-order valence-corrected chi connectivity index (χ4v) is 4.14. The van der Waals surface area contributed by atoms with Gasteiger partial charge in [-0.3, -0.25) is 19.5 Å². The Morgan fingerprint density at radius 3 is 2.51 bits per heavy atom. The van der Waals surface area contributed by atoms with Crippen LogP contribution in [-0.2, 0) is 4.79 Å². The zero-order valence-corrected chi connectivity index (χ0v) is 21.1. The van der Waals surface area contributed by atoms with E-state index in [1.54, 1.807) is 55.2 Å². The van der Waals surface area contributed by atoms with Crippen LogP contribution in [0.1, 0.15) is 23.4 Å². The number of imidazole rings is 1. The standard InChI is InChI=1S/C27H25ClN4O5/c1-35-22-12-11-20(14-24(22)36-2)32-15-21(17-5-7-18(28)8-6-17)29-27(32)30-25(33)16-31(19-9-10-19)26(34)23-4-3-13-37-23/h3-8,11-15,19H,9-10,16H2,1-2H3,(H,29,30,33). The Balaban J connectivity index is 1.46. The van der Waals surface area contributed by atoms with Crippen LogP contribution in [0.5, 0.6) is 11.5 Å². The van der Waals surface area contributed by atoms with Crippen LogP contribution in [0.25, 0.3) is 16.9 Å². The molecular weight excluding hydrogens is 496 g/mol. The summed E-state index contributed by atoms with van der Waals surface area (Å²) in [6.45, 7) is -0.126. The topological polar surface area (TPSA) is 98.8 Å². The first-order chi connectivity index (χ1) is 18.0. The first kappa shape index (κ1) is 24.5. The zero-order chi connectivity index (χ0) is 25.9. The summed E-state index contributed by atoms with van der Waals surface area (Å²) in [5, 5.41) is 3.49. The Kier molecular flexibility index (Phi) is 6.87. The van der Waals surface area contributed by atoms with Gasteiger partial charge in [-0.1, -0.05) is 23.7 Å². The number of ether oxygens (including phenoxy) is 2. The number of anilines is 1. The number of carbonyl (C=O) groups is 2. The smallest absolute Gasteiger partial charge is 0.290 e. The van der Waals surface area contributed by atoms with E-state index in [4.69, 9.17) is 25.5 Å². The summed E-state index contributed by atoms with van der Waals surface area (Å²) in [5.41, 5.74) is 2.16. The van der Waals surface area contributed by atoms with E-state index >= 15 is 0 Å². The third-order valence-electron chi connectivity index (χ3n) is 6.04. The molecule has 37 heavy (non-hydrogen) atoms. The van der Waals surface area contributed by atoms with Crippen molar-refractivity contribution in [3.05, 3.63) is 77.8 Å². The number of furan rings is 1. The molecule has 4 aromatic rings. The number of halogens is 1. The minimum atomic E-state index is -0.373. The number of nitrogens with one attached hydrogen (secondary N) is 1. The second-order valence-electron chi connectivity index (χ2n) is 8.56. The van der Waals surface area contributed by atoms with Gasteiger partial charge in [-0.2, -0.15) is 0 Å². The summed E-state index contributed by atoms with van der Waals surface area (Å²) in [6.07, 6.45) is 4.95. The lowest BCUT2D eigenvalue weighted by Crippen LogP contribution is -2.39. The number of amides is 2. The number of hydrogen-bond donors (Lipinski definition) is 1. The number of rotatable bonds is 9. The molecule has 0 spiro atoms. The highest BCUT2D eigenvalue weighted by Crippen LogP contribution is 2.32. The van der Waals surface area contributed by atoms with E-state index < -0.39 is 0 Å². The monoisotopic (exact) mass is 520 g/mol. The number of nitrogens with zero attached hydrogens (tertiary/aromatic N) is 3. The van der Waals surface area contributed by atoms with Gasteiger partial charge in [0.2, 0.25) is 11.9 Å². The Hall–Kier alpha value is -4.24. The van der Waals surface area contributed by atoms with Crippen LogP contribution >= 0.6 is 11.6 Å². The van der Waals surface area contributed by atoms with Crippen molar-refractivity contribution in [2.45, 2.75) is 18.9 Å². The fraction of sp³-hybridized carbons (Fsp3) is 0.222. The van der Waals surface area contributed by atoms with Crippen LogP contribution < -0.4 is 14.8 Å². The molecule has 0 bridgehead atoms. The zero-order valence-electron chi connectivity index (χ0n) is 20.3. The highest BCUT2D eigenvalue weighted by molar-refractivity contribution is 6.30. The van der Waals surface area contributed by atoms with Crippen LogP contribution in [0.4, 0.5) is 5.95 Å². The van der Waals surface area contributed by atoms with Crippen molar-refractivity contribution in [1.29, 1.82) is 0 Å². The first-order valence-corrected chi connectivity index (χ1v) is 12.1. The molecule has 0 atom stereocenters. The maximum Gasteiger partial charge on any atom is 0.290 e. The van der Waals surface area contributed by atoms with Gasteiger partial charge in [0.1, 0.15) is 6.54 Å². The maximum atomic E-state index is 13.2. The molecule has 1 fully saturated rings. The summed E-state index contributed by atoms with van der Waals surface area (Å²) in [6, 6.07) is 15.9. The molecule has 0 radical (unpaired) electrons. The van der Waals surface area contributed by atoms with E-state index in [1.165, 1.54) is 11.2 Å². The average Bonchev–Trinajstić information content (AvgIpc) is 3.43. The molecule has 1 aliphatic rings. The molecule has 2 aromatic heterocycles. The summed E-state index contributed by atoms with van der Waals surface area (Å²) < 4.78 is 17.8. The summed E-state index contributed by atoms with van der Waals surface area (Å²) in [5.74, 6) is 0.920. The molecule has 190 valence electrons. The minimum Gasteiger partial charge on any atom is -0.493 e. The van der Waals surface area contributed by atoms with E-state index in [1.807, 2.05) is 24.4 Å². The quantitative estimate of drug-likeness (QED) is 0.332. The third kappa shape index (κ3) is 5.31. The number of hydrogen-bond acceptors (Lipinski definition) is 6. The predicted molar refractivity (Wildman–Crippen MR) is 139 cm³/mol. The Bertz CT molecular complexity index is 1410. The average molecular weight is 521 g/mol. The maximum absolute atomic E-state index is 13.2. The molecule has 0 unspecified atom stereocenters. The second kappa shape index (κ2) is 10.4. The lowest BCUT2D eigenvalue weighted by atomic mass is 10.2. The molecular formula is C27H25ClN4O5. The molecule has 9 nitrogen and oxygen atoms in total. The van der Waals surface area contributed by atoms with E-state index in [2.05, 4.69) is 10.3 Å². The Morgan fingerprint density at radius 1 is 1.11 bits per heavy atom. The van der Waals surface area contributed by atoms with Crippen molar-refractivity contribution in [1.82, 2.24) is 14.5 Å². The summed E-state index contributed by atoms with van der Waals surface area (Å²) in [7, 11) is 3.12. The lowest BCUT2D eigenvalue weighted by Gasteiger charge is -2.20. The van der Waals surface area contributed by atoms with Crippen molar-refractivity contribution in [3.8, 4) is 28.4 Å². The fourth-order valence-electron chi connectivity index (χ4n) is 4.01. The second-order valence-corrected chi connectivity index (χ2v) is 8.99. The highest BCUT2D eigenvalue weighted by Gasteiger charge is 2.35. The summed E-state index contributed by atoms with van der Waals surface area (Å²) in [4.78, 5) is 32.3.